The highest BCUT2D eigenvalue weighted by Crippen LogP contribution is 2.17. The summed E-state index contributed by atoms with van der Waals surface area (Å²) >= 11 is 0. The van der Waals surface area contributed by atoms with Gasteiger partial charge in [0.25, 0.3) is 0 Å². The number of nitrogens with zero attached hydrogens (tertiary/aromatic N) is 2. The summed E-state index contributed by atoms with van der Waals surface area (Å²) in [5, 5.41) is 6.30. The lowest BCUT2D eigenvalue weighted by Crippen LogP contribution is -2.47. The predicted molar refractivity (Wildman–Crippen MR) is 103 cm³/mol. The molecule has 2 aliphatic rings. The summed E-state index contributed by atoms with van der Waals surface area (Å²) in [6.45, 7) is 5.53. The molecule has 6 heteroatoms. The number of rotatable bonds is 6. The van der Waals surface area contributed by atoms with Gasteiger partial charge in [-0.15, -0.1) is 0 Å². The van der Waals surface area contributed by atoms with Crippen molar-refractivity contribution in [3.05, 3.63) is 29.8 Å². The first-order valence-corrected chi connectivity index (χ1v) is 9.66. The van der Waals surface area contributed by atoms with Crippen molar-refractivity contribution in [1.29, 1.82) is 0 Å². The van der Waals surface area contributed by atoms with E-state index in [4.69, 9.17) is 0 Å². The molecule has 3 rings (SSSR count). The van der Waals surface area contributed by atoms with Crippen LogP contribution in [0.5, 0.6) is 0 Å². The molecular formula is C20H30N4O2. The van der Waals surface area contributed by atoms with Gasteiger partial charge < -0.3 is 20.4 Å². The van der Waals surface area contributed by atoms with Gasteiger partial charge in [-0.2, -0.15) is 0 Å². The zero-order valence-electron chi connectivity index (χ0n) is 15.7. The zero-order valence-corrected chi connectivity index (χ0v) is 15.7. The van der Waals surface area contributed by atoms with Crippen molar-refractivity contribution in [2.24, 2.45) is 5.92 Å². The molecule has 2 aliphatic heterocycles. The fourth-order valence-corrected chi connectivity index (χ4v) is 3.62. The third-order valence-corrected chi connectivity index (χ3v) is 5.36. The first kappa shape index (κ1) is 18.9. The van der Waals surface area contributed by atoms with Crippen LogP contribution in [0.15, 0.2) is 24.3 Å². The summed E-state index contributed by atoms with van der Waals surface area (Å²) in [5.41, 5.74) is 1.73. The van der Waals surface area contributed by atoms with Crippen molar-refractivity contribution in [3.63, 3.8) is 0 Å². The molecule has 0 radical (unpaired) electrons. The normalized spacial score (nSPS) is 21.0. The number of carbonyl (C=O) groups is 2. The van der Waals surface area contributed by atoms with Crippen molar-refractivity contribution in [3.8, 4) is 0 Å². The fraction of sp³-hybridized carbons (Fsp3) is 0.600. The van der Waals surface area contributed by atoms with Crippen LogP contribution in [0.3, 0.4) is 0 Å². The Bertz CT molecular complexity index is 620. The maximum absolute atomic E-state index is 12.5. The molecule has 2 fully saturated rings. The number of benzene rings is 1. The molecule has 0 spiro atoms. The molecule has 26 heavy (non-hydrogen) atoms. The summed E-state index contributed by atoms with van der Waals surface area (Å²) in [4.78, 5) is 28.8. The lowest BCUT2D eigenvalue weighted by atomic mass is 10.0. The first-order chi connectivity index (χ1) is 12.6. The Morgan fingerprint density at radius 3 is 2.77 bits per heavy atom. The minimum Gasteiger partial charge on any atom is -0.340 e. The highest BCUT2D eigenvalue weighted by atomic mass is 16.2. The molecule has 142 valence electrons. The number of carbonyl (C=O) groups excluding carboxylic acids is 2. The molecule has 2 saturated heterocycles. The number of hydrogen-bond acceptors (Lipinski definition) is 4. The van der Waals surface area contributed by atoms with E-state index >= 15 is 0 Å². The molecule has 2 N–H and O–H groups in total. The van der Waals surface area contributed by atoms with Gasteiger partial charge in [0, 0.05) is 38.3 Å². The highest BCUT2D eigenvalue weighted by molar-refractivity contribution is 5.91. The van der Waals surface area contributed by atoms with Crippen LogP contribution in [0.1, 0.15) is 24.8 Å². The lowest BCUT2D eigenvalue weighted by Gasteiger charge is -2.32. The van der Waals surface area contributed by atoms with Crippen LogP contribution in [0.4, 0.5) is 5.69 Å². The van der Waals surface area contributed by atoms with E-state index in [0.29, 0.717) is 18.8 Å². The van der Waals surface area contributed by atoms with Crippen molar-refractivity contribution in [2.75, 3.05) is 51.6 Å². The Balaban J connectivity index is 1.47. The third kappa shape index (κ3) is 5.54. The smallest absolute Gasteiger partial charge is 0.227 e. The molecule has 0 aromatic heterocycles. The summed E-state index contributed by atoms with van der Waals surface area (Å²) in [7, 11) is 2.08. The van der Waals surface area contributed by atoms with Gasteiger partial charge >= 0.3 is 0 Å². The molecule has 2 amide bonds. The molecule has 1 aromatic rings. The second-order valence-corrected chi connectivity index (χ2v) is 7.51. The number of hydrogen-bond donors (Lipinski definition) is 2. The quantitative estimate of drug-likeness (QED) is 0.805. The molecule has 2 heterocycles. The van der Waals surface area contributed by atoms with E-state index in [-0.39, 0.29) is 11.8 Å². The Labute approximate surface area is 155 Å². The van der Waals surface area contributed by atoms with E-state index < -0.39 is 0 Å². The predicted octanol–water partition coefficient (Wildman–Crippen LogP) is 1.33. The molecular weight excluding hydrogens is 328 g/mol. The van der Waals surface area contributed by atoms with Gasteiger partial charge in [-0.1, -0.05) is 12.1 Å². The molecule has 1 aromatic carbocycles. The van der Waals surface area contributed by atoms with Crippen LogP contribution < -0.4 is 10.6 Å². The molecule has 1 unspecified atom stereocenters. The van der Waals surface area contributed by atoms with Gasteiger partial charge in [-0.3, -0.25) is 9.59 Å². The topological polar surface area (TPSA) is 64.7 Å². The van der Waals surface area contributed by atoms with Crippen LogP contribution >= 0.6 is 0 Å². The van der Waals surface area contributed by atoms with Crippen molar-refractivity contribution < 1.29 is 9.59 Å². The summed E-state index contributed by atoms with van der Waals surface area (Å²) in [6.07, 6.45) is 3.04. The van der Waals surface area contributed by atoms with Gasteiger partial charge in [-0.25, -0.2) is 0 Å². The van der Waals surface area contributed by atoms with Crippen LogP contribution in [-0.2, 0) is 16.0 Å². The van der Waals surface area contributed by atoms with E-state index in [0.717, 1.165) is 63.4 Å². The van der Waals surface area contributed by atoms with Crippen molar-refractivity contribution in [1.82, 2.24) is 15.1 Å². The van der Waals surface area contributed by atoms with Crippen LogP contribution in [0, 0.1) is 5.92 Å². The van der Waals surface area contributed by atoms with E-state index in [1.54, 1.807) is 0 Å². The molecule has 0 bridgehead atoms. The lowest BCUT2D eigenvalue weighted by molar-refractivity contribution is -0.132. The van der Waals surface area contributed by atoms with E-state index in [2.05, 4.69) is 22.6 Å². The number of anilines is 1. The molecule has 1 atom stereocenters. The summed E-state index contributed by atoms with van der Waals surface area (Å²) in [5.74, 6) is 0.836. The van der Waals surface area contributed by atoms with E-state index in [1.807, 2.05) is 29.2 Å². The molecule has 0 saturated carbocycles. The van der Waals surface area contributed by atoms with Gasteiger partial charge in [0.2, 0.25) is 11.8 Å². The number of amides is 2. The maximum Gasteiger partial charge on any atom is 0.227 e. The zero-order chi connectivity index (χ0) is 18.4. The standard InChI is InChI=1S/C20H30N4O2/c1-23-9-11-24(12-10-23)20(26)14-17-3-2-4-18(13-17)22-19(25)6-5-16-7-8-21-15-16/h2-4,13,16,21H,5-12,14-15H2,1H3,(H,22,25). The second kappa shape index (κ2) is 9.14. The van der Waals surface area contributed by atoms with Gasteiger partial charge in [0.05, 0.1) is 6.42 Å². The van der Waals surface area contributed by atoms with Gasteiger partial charge in [-0.05, 0) is 56.6 Å². The Morgan fingerprint density at radius 1 is 1.23 bits per heavy atom. The first-order valence-electron chi connectivity index (χ1n) is 9.66. The van der Waals surface area contributed by atoms with E-state index in [1.165, 1.54) is 0 Å². The van der Waals surface area contributed by atoms with Crippen LogP contribution in [0.25, 0.3) is 0 Å². The minimum absolute atomic E-state index is 0.0550. The largest absolute Gasteiger partial charge is 0.340 e. The number of piperazine rings is 1. The van der Waals surface area contributed by atoms with Gasteiger partial charge in [0.1, 0.15) is 0 Å². The average Bonchev–Trinajstić information content (AvgIpc) is 3.14. The van der Waals surface area contributed by atoms with Crippen molar-refractivity contribution >= 4 is 17.5 Å². The van der Waals surface area contributed by atoms with Crippen LogP contribution in [-0.4, -0.2) is 67.9 Å². The minimum atomic E-state index is 0.0550. The average molecular weight is 358 g/mol. The molecule has 0 aliphatic carbocycles. The third-order valence-electron chi connectivity index (χ3n) is 5.36. The maximum atomic E-state index is 12.5. The number of likely N-dealkylation sites (N-methyl/N-ethyl adjacent to an activating group) is 1. The fourth-order valence-electron chi connectivity index (χ4n) is 3.62. The van der Waals surface area contributed by atoms with E-state index in [9.17, 15) is 9.59 Å². The summed E-state index contributed by atoms with van der Waals surface area (Å²) in [6, 6.07) is 7.67. The second-order valence-electron chi connectivity index (χ2n) is 7.51. The Morgan fingerprint density at radius 2 is 2.04 bits per heavy atom. The SMILES string of the molecule is CN1CCN(C(=O)Cc2cccc(NC(=O)CCC3CCNC3)c2)CC1. The Hall–Kier alpha value is -1.92. The Kier molecular flexibility index (Phi) is 6.63. The van der Waals surface area contributed by atoms with Crippen LogP contribution in [0.2, 0.25) is 0 Å². The molecule has 6 nitrogen and oxygen atoms in total. The number of nitrogens with one attached hydrogen (secondary N) is 2. The van der Waals surface area contributed by atoms with Gasteiger partial charge in [0.15, 0.2) is 0 Å². The van der Waals surface area contributed by atoms with Crippen molar-refractivity contribution in [2.45, 2.75) is 25.7 Å². The summed E-state index contributed by atoms with van der Waals surface area (Å²) < 4.78 is 0. The highest BCUT2D eigenvalue weighted by Gasteiger charge is 2.19. The monoisotopic (exact) mass is 358 g/mol.